The first-order valence-electron chi connectivity index (χ1n) is 5.77. The average molecular weight is 282 g/mol. The van der Waals surface area contributed by atoms with E-state index >= 15 is 0 Å². The average Bonchev–Trinajstić information content (AvgIpc) is 2.48. The van der Waals surface area contributed by atoms with Gasteiger partial charge in [0.2, 0.25) is 0 Å². The first-order valence-corrected chi connectivity index (χ1v) is 5.77. The van der Waals surface area contributed by atoms with Gasteiger partial charge >= 0.3 is 11.9 Å². The van der Waals surface area contributed by atoms with Crippen LogP contribution in [-0.4, -0.2) is 42.6 Å². The van der Waals surface area contributed by atoms with E-state index < -0.39 is 24.0 Å². The molecule has 0 spiro atoms. The van der Waals surface area contributed by atoms with Gasteiger partial charge in [0.15, 0.2) is 5.78 Å². The zero-order valence-electron chi connectivity index (χ0n) is 11.2. The van der Waals surface area contributed by atoms with Crippen LogP contribution < -0.4 is 0 Å². The van der Waals surface area contributed by atoms with Gasteiger partial charge in [-0.3, -0.25) is 4.79 Å². The van der Waals surface area contributed by atoms with Crippen LogP contribution in [0.4, 0.5) is 0 Å². The molecule has 0 amide bonds. The van der Waals surface area contributed by atoms with Crippen molar-refractivity contribution in [2.45, 2.75) is 6.42 Å². The van der Waals surface area contributed by atoms with Crippen molar-refractivity contribution in [3.05, 3.63) is 38.0 Å². The van der Waals surface area contributed by atoms with Gasteiger partial charge in [-0.05, 0) is 6.08 Å². The predicted molar refractivity (Wildman–Crippen MR) is 71.7 cm³/mol. The molecule has 0 aromatic heterocycles. The van der Waals surface area contributed by atoms with E-state index in [0.717, 1.165) is 18.2 Å². The number of carbonyl (C=O) groups is 3. The Labute approximate surface area is 117 Å². The van der Waals surface area contributed by atoms with Gasteiger partial charge in [0.1, 0.15) is 13.2 Å². The molecule has 20 heavy (non-hydrogen) atoms. The summed E-state index contributed by atoms with van der Waals surface area (Å²) in [6, 6.07) is 0. The Balaban J connectivity index is 4.93. The Hall–Kier alpha value is -2.21. The third-order valence-electron chi connectivity index (χ3n) is 2.49. The third kappa shape index (κ3) is 6.10. The SMILES string of the molecule is C=CC(=O)CC(CO)(COC(=O)C=C)COC(=O)C=C. The fourth-order valence-electron chi connectivity index (χ4n) is 1.30. The van der Waals surface area contributed by atoms with E-state index in [4.69, 9.17) is 9.47 Å². The van der Waals surface area contributed by atoms with Gasteiger partial charge in [0.25, 0.3) is 0 Å². The lowest BCUT2D eigenvalue weighted by Crippen LogP contribution is -2.39. The standard InChI is InChI=1S/C14H18O6/c1-4-11(16)7-14(8-15,9-19-12(17)5-2)10-20-13(18)6-3/h4-6,15H,1-3,7-10H2. The fraction of sp³-hybridized carbons (Fsp3) is 0.357. The third-order valence-corrected chi connectivity index (χ3v) is 2.49. The molecule has 0 saturated heterocycles. The second kappa shape index (κ2) is 8.82. The molecule has 0 rings (SSSR count). The first kappa shape index (κ1) is 17.8. The lowest BCUT2D eigenvalue weighted by Gasteiger charge is -2.29. The Morgan fingerprint density at radius 1 is 0.950 bits per heavy atom. The summed E-state index contributed by atoms with van der Waals surface area (Å²) in [5.41, 5.74) is -1.22. The van der Waals surface area contributed by atoms with E-state index in [9.17, 15) is 19.5 Å². The quantitative estimate of drug-likeness (QED) is 0.465. The van der Waals surface area contributed by atoms with Crippen molar-refractivity contribution in [2.24, 2.45) is 5.41 Å². The summed E-state index contributed by atoms with van der Waals surface area (Å²) in [6.45, 7) is 8.69. The molecule has 0 fully saturated rings. The highest BCUT2D eigenvalue weighted by molar-refractivity contribution is 5.89. The summed E-state index contributed by atoms with van der Waals surface area (Å²) < 4.78 is 9.68. The minimum absolute atomic E-state index is 0.179. The maximum absolute atomic E-state index is 11.5. The van der Waals surface area contributed by atoms with Crippen molar-refractivity contribution in [1.82, 2.24) is 0 Å². The summed E-state index contributed by atoms with van der Waals surface area (Å²) in [5, 5.41) is 9.47. The molecule has 0 heterocycles. The highest BCUT2D eigenvalue weighted by Gasteiger charge is 2.35. The number of ether oxygens (including phenoxy) is 2. The van der Waals surface area contributed by atoms with Gasteiger partial charge in [-0.25, -0.2) is 9.59 Å². The Morgan fingerprint density at radius 2 is 1.40 bits per heavy atom. The molecule has 0 unspecified atom stereocenters. The molecule has 0 saturated carbocycles. The van der Waals surface area contributed by atoms with Crippen LogP contribution in [0.5, 0.6) is 0 Å². The monoisotopic (exact) mass is 282 g/mol. The van der Waals surface area contributed by atoms with E-state index in [1.807, 2.05) is 0 Å². The van der Waals surface area contributed by atoms with Crippen molar-refractivity contribution in [1.29, 1.82) is 0 Å². The molecular weight excluding hydrogens is 264 g/mol. The van der Waals surface area contributed by atoms with E-state index in [0.29, 0.717) is 0 Å². The molecule has 0 bridgehead atoms. The van der Waals surface area contributed by atoms with Gasteiger partial charge in [0.05, 0.1) is 12.0 Å². The molecule has 6 heteroatoms. The maximum atomic E-state index is 11.5. The Morgan fingerprint density at radius 3 is 1.70 bits per heavy atom. The Bertz CT molecular complexity index is 386. The van der Waals surface area contributed by atoms with Gasteiger partial charge in [-0.15, -0.1) is 0 Å². The molecule has 0 aromatic carbocycles. The molecule has 0 aromatic rings. The van der Waals surface area contributed by atoms with Gasteiger partial charge < -0.3 is 14.6 Å². The van der Waals surface area contributed by atoms with Crippen molar-refractivity contribution in [3.63, 3.8) is 0 Å². The zero-order chi connectivity index (χ0) is 15.6. The van der Waals surface area contributed by atoms with Crippen LogP contribution in [0.25, 0.3) is 0 Å². The molecule has 6 nitrogen and oxygen atoms in total. The van der Waals surface area contributed by atoms with Crippen LogP contribution in [0.3, 0.4) is 0 Å². The maximum Gasteiger partial charge on any atom is 0.330 e. The molecule has 0 aliphatic carbocycles. The predicted octanol–water partition coefficient (Wildman–Crippen LogP) is 0.569. The number of hydrogen-bond acceptors (Lipinski definition) is 6. The van der Waals surface area contributed by atoms with Crippen molar-refractivity contribution in [3.8, 4) is 0 Å². The van der Waals surface area contributed by atoms with Crippen molar-refractivity contribution in [2.75, 3.05) is 19.8 Å². The van der Waals surface area contributed by atoms with Crippen LogP contribution in [0.2, 0.25) is 0 Å². The smallest absolute Gasteiger partial charge is 0.330 e. The fourth-order valence-corrected chi connectivity index (χ4v) is 1.30. The van der Waals surface area contributed by atoms with Crippen LogP contribution in [0, 0.1) is 5.41 Å². The second-order valence-corrected chi connectivity index (χ2v) is 4.13. The molecule has 0 aliphatic heterocycles. The van der Waals surface area contributed by atoms with E-state index in [1.54, 1.807) is 0 Å². The van der Waals surface area contributed by atoms with Crippen LogP contribution >= 0.6 is 0 Å². The molecule has 0 radical (unpaired) electrons. The first-order chi connectivity index (χ1) is 9.42. The summed E-state index contributed by atoms with van der Waals surface area (Å²) in [5.74, 6) is -1.78. The topological polar surface area (TPSA) is 89.9 Å². The number of esters is 2. The molecule has 1 N–H and O–H groups in total. The van der Waals surface area contributed by atoms with Crippen LogP contribution in [-0.2, 0) is 23.9 Å². The van der Waals surface area contributed by atoms with E-state index in [1.165, 1.54) is 0 Å². The molecule has 0 atom stereocenters. The molecule has 0 aliphatic rings. The van der Waals surface area contributed by atoms with Crippen molar-refractivity contribution >= 4 is 17.7 Å². The molecular formula is C14H18O6. The normalized spacial score (nSPS) is 10.2. The minimum atomic E-state index is -1.22. The van der Waals surface area contributed by atoms with Crippen LogP contribution in [0.15, 0.2) is 38.0 Å². The summed E-state index contributed by atoms with van der Waals surface area (Å²) >= 11 is 0. The van der Waals surface area contributed by atoms with Crippen molar-refractivity contribution < 1.29 is 29.0 Å². The van der Waals surface area contributed by atoms with Crippen LogP contribution in [0.1, 0.15) is 6.42 Å². The minimum Gasteiger partial charge on any atom is -0.462 e. The van der Waals surface area contributed by atoms with E-state index in [-0.39, 0.29) is 25.4 Å². The van der Waals surface area contributed by atoms with E-state index in [2.05, 4.69) is 19.7 Å². The van der Waals surface area contributed by atoms with Gasteiger partial charge in [-0.1, -0.05) is 19.7 Å². The highest BCUT2D eigenvalue weighted by atomic mass is 16.5. The van der Waals surface area contributed by atoms with Gasteiger partial charge in [0, 0.05) is 18.6 Å². The number of allylic oxidation sites excluding steroid dienone is 1. The summed E-state index contributed by atoms with van der Waals surface area (Å²) in [7, 11) is 0. The number of carbonyl (C=O) groups excluding carboxylic acids is 3. The number of rotatable bonds is 10. The lowest BCUT2D eigenvalue weighted by atomic mass is 9.85. The summed E-state index contributed by atoms with van der Waals surface area (Å²) in [6.07, 6.45) is 2.80. The second-order valence-electron chi connectivity index (χ2n) is 4.13. The number of aliphatic hydroxyl groups excluding tert-OH is 1. The number of ketones is 1. The Kier molecular flexibility index (Phi) is 7.84. The summed E-state index contributed by atoms with van der Waals surface area (Å²) in [4.78, 5) is 33.6. The largest absolute Gasteiger partial charge is 0.462 e. The van der Waals surface area contributed by atoms with Gasteiger partial charge in [-0.2, -0.15) is 0 Å². The number of hydrogen-bond donors (Lipinski definition) is 1. The number of aliphatic hydroxyl groups is 1. The zero-order valence-corrected chi connectivity index (χ0v) is 11.2. The highest BCUT2D eigenvalue weighted by Crippen LogP contribution is 2.24. The molecule has 110 valence electrons. The lowest BCUT2D eigenvalue weighted by molar-refractivity contribution is -0.152.